The molecule has 6 nitrogen and oxygen atoms in total. The Hall–Kier alpha value is -2.38. The lowest BCUT2D eigenvalue weighted by molar-refractivity contribution is 0.0909. The van der Waals surface area contributed by atoms with E-state index in [0.717, 1.165) is 0 Å². The van der Waals surface area contributed by atoms with E-state index in [-0.39, 0.29) is 18.0 Å². The van der Waals surface area contributed by atoms with Gasteiger partial charge in [0.1, 0.15) is 0 Å². The number of carbonyl (C=O) groups excluding carboxylic acids is 2. The molecule has 122 valence electrons. The van der Waals surface area contributed by atoms with E-state index in [4.69, 9.17) is 4.74 Å². The Morgan fingerprint density at radius 2 is 1.87 bits per heavy atom. The summed E-state index contributed by atoms with van der Waals surface area (Å²) in [5.41, 5.74) is 0.702. The van der Waals surface area contributed by atoms with E-state index in [1.807, 2.05) is 25.1 Å². The van der Waals surface area contributed by atoms with E-state index in [9.17, 15) is 9.59 Å². The Bertz CT molecular complexity index is 658. The predicted molar refractivity (Wildman–Crippen MR) is 92.2 cm³/mol. The van der Waals surface area contributed by atoms with E-state index >= 15 is 0 Å². The molecule has 0 saturated heterocycles. The average molecular weight is 333 g/mol. The number of hydrogen-bond acceptors (Lipinski definition) is 4. The second-order valence-electron chi connectivity index (χ2n) is 4.94. The van der Waals surface area contributed by atoms with Gasteiger partial charge in [0.05, 0.1) is 16.5 Å². The van der Waals surface area contributed by atoms with Gasteiger partial charge in [-0.05, 0) is 31.2 Å². The van der Waals surface area contributed by atoms with Crippen LogP contribution in [0.1, 0.15) is 16.6 Å². The molecular weight excluding hydrogens is 314 g/mol. The number of nitrogens with one attached hydrogen (secondary N) is 3. The van der Waals surface area contributed by atoms with Crippen molar-refractivity contribution < 1.29 is 14.3 Å². The summed E-state index contributed by atoms with van der Waals surface area (Å²) in [5, 5.41) is 8.85. The van der Waals surface area contributed by atoms with Crippen LogP contribution in [-0.4, -0.2) is 31.7 Å². The minimum atomic E-state index is -0.349. The summed E-state index contributed by atoms with van der Waals surface area (Å²) < 4.78 is 4.98. The number of amides is 3. The van der Waals surface area contributed by atoms with Gasteiger partial charge in [-0.2, -0.15) is 0 Å². The lowest BCUT2D eigenvalue weighted by Gasteiger charge is -2.11. The number of urea groups is 1. The normalized spacial score (nSPS) is 11.6. The topological polar surface area (TPSA) is 79.5 Å². The third-order valence-corrected chi connectivity index (χ3v) is 3.89. The highest BCUT2D eigenvalue weighted by Crippen LogP contribution is 2.22. The van der Waals surface area contributed by atoms with E-state index in [1.165, 1.54) is 11.3 Å². The first kappa shape index (κ1) is 17.0. The predicted octanol–water partition coefficient (Wildman–Crippen LogP) is 3.16. The Labute approximate surface area is 138 Å². The van der Waals surface area contributed by atoms with E-state index in [0.29, 0.717) is 22.2 Å². The minimum Gasteiger partial charge on any atom is -0.383 e. The zero-order valence-corrected chi connectivity index (χ0v) is 13.8. The number of methoxy groups -OCH3 is 1. The van der Waals surface area contributed by atoms with Crippen molar-refractivity contribution in [1.82, 2.24) is 5.32 Å². The van der Waals surface area contributed by atoms with Crippen molar-refractivity contribution in [2.24, 2.45) is 0 Å². The summed E-state index contributed by atoms with van der Waals surface area (Å²) in [5.74, 6) is -0.184. The van der Waals surface area contributed by atoms with Crippen LogP contribution in [0.5, 0.6) is 0 Å². The van der Waals surface area contributed by atoms with Crippen LogP contribution in [-0.2, 0) is 4.74 Å². The fraction of sp³-hybridized carbons (Fsp3) is 0.250. The molecular formula is C16H19N3O3S. The van der Waals surface area contributed by atoms with Crippen molar-refractivity contribution in [3.8, 4) is 0 Å². The van der Waals surface area contributed by atoms with E-state index < -0.39 is 0 Å². The van der Waals surface area contributed by atoms with Crippen LogP contribution < -0.4 is 16.0 Å². The summed E-state index contributed by atoms with van der Waals surface area (Å²) in [7, 11) is 1.58. The van der Waals surface area contributed by atoms with Crippen LogP contribution >= 0.6 is 11.3 Å². The molecule has 1 aromatic carbocycles. The number of hydrogen-bond donors (Lipinski definition) is 3. The van der Waals surface area contributed by atoms with Crippen LogP contribution in [0.2, 0.25) is 0 Å². The summed E-state index contributed by atoms with van der Waals surface area (Å²) >= 11 is 1.22. The molecule has 1 aromatic heterocycles. The summed E-state index contributed by atoms with van der Waals surface area (Å²) in [6.07, 6.45) is 0. The first-order chi connectivity index (χ1) is 11.1. The first-order valence-electron chi connectivity index (χ1n) is 7.11. The third-order valence-electron chi connectivity index (χ3n) is 2.89. The standard InChI is InChI=1S/C16H19N3O3S/c1-11(10-22-2)17-15(20)13-8-9-14(23-13)19-16(21)18-12-6-4-3-5-7-12/h3-9,11H,10H2,1-2H3,(H,17,20)(H2,18,19,21). The largest absolute Gasteiger partial charge is 0.383 e. The van der Waals surface area contributed by atoms with Crippen molar-refractivity contribution in [2.45, 2.75) is 13.0 Å². The van der Waals surface area contributed by atoms with Gasteiger partial charge in [-0.3, -0.25) is 10.1 Å². The molecule has 1 heterocycles. The fourth-order valence-electron chi connectivity index (χ4n) is 1.91. The Morgan fingerprint density at radius 3 is 2.57 bits per heavy atom. The number of benzene rings is 1. The second kappa shape index (κ2) is 8.30. The van der Waals surface area contributed by atoms with Gasteiger partial charge in [0.2, 0.25) is 0 Å². The van der Waals surface area contributed by atoms with Gasteiger partial charge in [0.25, 0.3) is 5.91 Å². The lowest BCUT2D eigenvalue weighted by atomic mass is 10.3. The molecule has 0 radical (unpaired) electrons. The van der Waals surface area contributed by atoms with Crippen molar-refractivity contribution in [2.75, 3.05) is 24.4 Å². The highest BCUT2D eigenvalue weighted by molar-refractivity contribution is 7.18. The Kier molecular flexibility index (Phi) is 6.13. The molecule has 0 saturated carbocycles. The summed E-state index contributed by atoms with van der Waals surface area (Å²) in [4.78, 5) is 24.5. The summed E-state index contributed by atoms with van der Waals surface area (Å²) in [6.45, 7) is 2.31. The number of rotatable bonds is 6. The van der Waals surface area contributed by atoms with Crippen LogP contribution in [0.4, 0.5) is 15.5 Å². The van der Waals surface area contributed by atoms with Crippen LogP contribution in [0.15, 0.2) is 42.5 Å². The molecule has 3 amide bonds. The Morgan fingerprint density at radius 1 is 1.13 bits per heavy atom. The highest BCUT2D eigenvalue weighted by atomic mass is 32.1. The van der Waals surface area contributed by atoms with Gasteiger partial charge in [-0.15, -0.1) is 11.3 Å². The molecule has 2 rings (SSSR count). The average Bonchev–Trinajstić information content (AvgIpc) is 2.97. The highest BCUT2D eigenvalue weighted by Gasteiger charge is 2.13. The third kappa shape index (κ3) is 5.39. The maximum Gasteiger partial charge on any atom is 0.324 e. The van der Waals surface area contributed by atoms with Gasteiger partial charge in [0.15, 0.2) is 0 Å². The monoisotopic (exact) mass is 333 g/mol. The maximum atomic E-state index is 12.0. The molecule has 23 heavy (non-hydrogen) atoms. The molecule has 1 unspecified atom stereocenters. The summed E-state index contributed by atoms with van der Waals surface area (Å²) in [6, 6.07) is 12.1. The number of anilines is 2. The van der Waals surface area contributed by atoms with Crippen molar-refractivity contribution in [1.29, 1.82) is 0 Å². The maximum absolute atomic E-state index is 12.0. The van der Waals surface area contributed by atoms with Gasteiger partial charge in [0, 0.05) is 18.8 Å². The fourth-order valence-corrected chi connectivity index (χ4v) is 2.71. The molecule has 0 aliphatic heterocycles. The minimum absolute atomic E-state index is 0.0765. The Balaban J connectivity index is 1.89. The second-order valence-corrected chi connectivity index (χ2v) is 6.02. The molecule has 3 N–H and O–H groups in total. The number of carbonyl (C=O) groups is 2. The molecule has 0 spiro atoms. The molecule has 0 fully saturated rings. The molecule has 2 aromatic rings. The lowest BCUT2D eigenvalue weighted by Crippen LogP contribution is -2.35. The van der Waals surface area contributed by atoms with Gasteiger partial charge < -0.3 is 15.4 Å². The molecule has 0 bridgehead atoms. The number of para-hydroxylation sites is 1. The zero-order valence-electron chi connectivity index (χ0n) is 13.0. The van der Waals surface area contributed by atoms with Crippen LogP contribution in [0.3, 0.4) is 0 Å². The quantitative estimate of drug-likeness (QED) is 0.760. The van der Waals surface area contributed by atoms with Gasteiger partial charge in [-0.25, -0.2) is 4.79 Å². The number of thiophene rings is 1. The van der Waals surface area contributed by atoms with E-state index in [1.54, 1.807) is 31.4 Å². The van der Waals surface area contributed by atoms with Crippen molar-refractivity contribution in [3.63, 3.8) is 0 Å². The smallest absolute Gasteiger partial charge is 0.324 e. The van der Waals surface area contributed by atoms with Gasteiger partial charge in [-0.1, -0.05) is 18.2 Å². The zero-order chi connectivity index (χ0) is 16.7. The first-order valence-corrected chi connectivity index (χ1v) is 7.93. The van der Waals surface area contributed by atoms with Crippen molar-refractivity contribution >= 4 is 34.0 Å². The van der Waals surface area contributed by atoms with E-state index in [2.05, 4.69) is 16.0 Å². The molecule has 1 atom stereocenters. The number of ether oxygens (including phenoxy) is 1. The van der Waals surface area contributed by atoms with Crippen molar-refractivity contribution in [3.05, 3.63) is 47.3 Å². The SMILES string of the molecule is COCC(C)NC(=O)c1ccc(NC(=O)Nc2ccccc2)s1. The van der Waals surface area contributed by atoms with Crippen LogP contribution in [0, 0.1) is 0 Å². The molecule has 7 heteroatoms. The molecule has 0 aliphatic rings. The molecule has 0 aliphatic carbocycles. The van der Waals surface area contributed by atoms with Gasteiger partial charge >= 0.3 is 6.03 Å². The van der Waals surface area contributed by atoms with Crippen LogP contribution in [0.25, 0.3) is 0 Å².